The van der Waals surface area contributed by atoms with Gasteiger partial charge in [-0.05, 0) is 24.6 Å². The smallest absolute Gasteiger partial charge is 0.339 e. The molecule has 1 aromatic rings. The third-order valence-corrected chi connectivity index (χ3v) is 3.32. The van der Waals surface area contributed by atoms with Crippen LogP contribution in [0, 0.1) is 11.8 Å². The number of carbonyl (C=O) groups is 3. The number of esters is 1. The molecule has 1 aliphatic carbocycles. The highest BCUT2D eigenvalue weighted by atomic mass is 35.5. The van der Waals surface area contributed by atoms with Crippen molar-refractivity contribution in [3.63, 3.8) is 0 Å². The maximum absolute atomic E-state index is 11.9. The number of nitrogens with one attached hydrogen (secondary N) is 1. The van der Waals surface area contributed by atoms with Gasteiger partial charge in [0.2, 0.25) is 5.91 Å². The van der Waals surface area contributed by atoms with Crippen molar-refractivity contribution in [3.05, 3.63) is 28.8 Å². The molecule has 0 aromatic heterocycles. The zero-order valence-electron chi connectivity index (χ0n) is 10.6. The predicted molar refractivity (Wildman–Crippen MR) is 70.7 cm³/mol. The van der Waals surface area contributed by atoms with E-state index in [1.54, 1.807) is 0 Å². The van der Waals surface area contributed by atoms with Crippen LogP contribution in [0.15, 0.2) is 18.2 Å². The molecule has 0 spiro atoms. The zero-order valence-corrected chi connectivity index (χ0v) is 11.3. The summed E-state index contributed by atoms with van der Waals surface area (Å²) in [6.45, 7) is 0. The number of benzene rings is 1. The van der Waals surface area contributed by atoms with Crippen molar-refractivity contribution in [1.29, 1.82) is 0 Å². The fourth-order valence-corrected chi connectivity index (χ4v) is 2.06. The number of amides is 1. The Bertz CT molecular complexity index is 586. The minimum Gasteiger partial charge on any atom is -0.481 e. The zero-order chi connectivity index (χ0) is 14.9. The van der Waals surface area contributed by atoms with E-state index in [0.717, 1.165) is 0 Å². The van der Waals surface area contributed by atoms with Crippen molar-refractivity contribution < 1.29 is 24.2 Å². The number of aliphatic carboxylic acids is 1. The predicted octanol–water partition coefficient (Wildman–Crippen LogP) is 1.79. The Hall–Kier alpha value is -2.08. The highest BCUT2D eigenvalue weighted by Gasteiger charge is 2.48. The molecule has 20 heavy (non-hydrogen) atoms. The number of hydrogen-bond donors (Lipinski definition) is 2. The number of carboxylic acid groups (broad SMARTS) is 1. The van der Waals surface area contributed by atoms with Gasteiger partial charge in [0.05, 0.1) is 30.2 Å². The van der Waals surface area contributed by atoms with Crippen molar-refractivity contribution in [2.24, 2.45) is 11.8 Å². The van der Waals surface area contributed by atoms with Gasteiger partial charge in [-0.25, -0.2) is 4.79 Å². The molecular formula is C13H12ClNO5. The average Bonchev–Trinajstić information content (AvgIpc) is 3.18. The topological polar surface area (TPSA) is 92.7 Å². The van der Waals surface area contributed by atoms with Gasteiger partial charge >= 0.3 is 11.9 Å². The number of carboxylic acids is 1. The molecule has 1 saturated carbocycles. The van der Waals surface area contributed by atoms with Crippen LogP contribution >= 0.6 is 11.6 Å². The standard InChI is InChI=1S/C13H12ClNO5/c1-20-13(19)7-3-2-6(14)4-10(7)15-11(16)8-5-9(8)12(17)18/h2-4,8-9H,5H2,1H3,(H,15,16)(H,17,18). The van der Waals surface area contributed by atoms with Crippen LogP contribution in [0.5, 0.6) is 0 Å². The third-order valence-electron chi connectivity index (χ3n) is 3.09. The third kappa shape index (κ3) is 2.91. The molecule has 2 unspecified atom stereocenters. The lowest BCUT2D eigenvalue weighted by molar-refractivity contribution is -0.139. The van der Waals surface area contributed by atoms with E-state index in [-0.39, 0.29) is 11.3 Å². The van der Waals surface area contributed by atoms with Crippen LogP contribution in [0.3, 0.4) is 0 Å². The summed E-state index contributed by atoms with van der Waals surface area (Å²) in [5.74, 6) is -3.27. The molecule has 0 heterocycles. The lowest BCUT2D eigenvalue weighted by atomic mass is 10.1. The van der Waals surface area contributed by atoms with Gasteiger partial charge in [-0.2, -0.15) is 0 Å². The van der Waals surface area contributed by atoms with E-state index in [1.807, 2.05) is 0 Å². The molecule has 1 aromatic carbocycles. The van der Waals surface area contributed by atoms with Crippen molar-refractivity contribution in [2.45, 2.75) is 6.42 Å². The van der Waals surface area contributed by atoms with E-state index in [1.165, 1.54) is 25.3 Å². The van der Waals surface area contributed by atoms with Gasteiger partial charge in [0.1, 0.15) is 0 Å². The SMILES string of the molecule is COC(=O)c1ccc(Cl)cc1NC(=O)C1CC1C(=O)O. The Morgan fingerprint density at radius 1 is 1.35 bits per heavy atom. The lowest BCUT2D eigenvalue weighted by Gasteiger charge is -2.10. The second kappa shape index (κ2) is 5.50. The van der Waals surface area contributed by atoms with Crippen LogP contribution < -0.4 is 5.32 Å². The van der Waals surface area contributed by atoms with E-state index in [0.29, 0.717) is 11.4 Å². The van der Waals surface area contributed by atoms with Crippen LogP contribution in [0.4, 0.5) is 5.69 Å². The molecule has 2 atom stereocenters. The molecule has 0 aliphatic heterocycles. The minimum absolute atomic E-state index is 0.165. The van der Waals surface area contributed by atoms with Crippen LogP contribution in [0.25, 0.3) is 0 Å². The number of halogens is 1. The highest BCUT2D eigenvalue weighted by Crippen LogP contribution is 2.39. The van der Waals surface area contributed by atoms with E-state index in [9.17, 15) is 14.4 Å². The molecule has 0 saturated heterocycles. The van der Waals surface area contributed by atoms with Crippen LogP contribution in [-0.2, 0) is 14.3 Å². The normalized spacial score (nSPS) is 20.1. The van der Waals surface area contributed by atoms with Crippen molar-refractivity contribution in [1.82, 2.24) is 0 Å². The number of carbonyl (C=O) groups excluding carboxylic acids is 2. The first-order valence-corrected chi connectivity index (χ1v) is 6.23. The summed E-state index contributed by atoms with van der Waals surface area (Å²) in [4.78, 5) is 34.2. The molecule has 1 fully saturated rings. The Labute approximate surface area is 119 Å². The Balaban J connectivity index is 2.16. The largest absolute Gasteiger partial charge is 0.481 e. The fraction of sp³-hybridized carbons (Fsp3) is 0.308. The maximum atomic E-state index is 11.9. The van der Waals surface area contributed by atoms with Gasteiger partial charge < -0.3 is 15.2 Å². The van der Waals surface area contributed by atoms with Gasteiger partial charge in [0, 0.05) is 5.02 Å². The molecule has 1 aliphatic rings. The van der Waals surface area contributed by atoms with Gasteiger partial charge in [0.25, 0.3) is 0 Å². The molecule has 7 heteroatoms. The number of ether oxygens (including phenoxy) is 1. The first-order chi connectivity index (χ1) is 9.43. The highest BCUT2D eigenvalue weighted by molar-refractivity contribution is 6.31. The molecule has 2 N–H and O–H groups in total. The Morgan fingerprint density at radius 2 is 2.05 bits per heavy atom. The van der Waals surface area contributed by atoms with E-state index in [4.69, 9.17) is 16.7 Å². The summed E-state index contributed by atoms with van der Waals surface area (Å²) >= 11 is 5.82. The van der Waals surface area contributed by atoms with Crippen LogP contribution in [-0.4, -0.2) is 30.1 Å². The second-order valence-corrected chi connectivity index (χ2v) is 4.89. The number of methoxy groups -OCH3 is 1. The van der Waals surface area contributed by atoms with Crippen molar-refractivity contribution >= 4 is 35.1 Å². The summed E-state index contributed by atoms with van der Waals surface area (Å²) in [5, 5.41) is 11.7. The van der Waals surface area contributed by atoms with Crippen molar-refractivity contribution in [3.8, 4) is 0 Å². The summed E-state index contributed by atoms with van der Waals surface area (Å²) in [5.41, 5.74) is 0.378. The minimum atomic E-state index is -0.996. The Kier molecular flexibility index (Phi) is 3.94. The molecule has 0 radical (unpaired) electrons. The van der Waals surface area contributed by atoms with Gasteiger partial charge in [-0.15, -0.1) is 0 Å². The average molecular weight is 298 g/mol. The molecule has 6 nitrogen and oxygen atoms in total. The van der Waals surface area contributed by atoms with Gasteiger partial charge in [-0.1, -0.05) is 11.6 Å². The van der Waals surface area contributed by atoms with E-state index in [2.05, 4.69) is 10.1 Å². The Morgan fingerprint density at radius 3 is 2.60 bits per heavy atom. The second-order valence-electron chi connectivity index (χ2n) is 4.46. The van der Waals surface area contributed by atoms with E-state index < -0.39 is 29.7 Å². The maximum Gasteiger partial charge on any atom is 0.339 e. The summed E-state index contributed by atoms with van der Waals surface area (Å²) in [7, 11) is 1.23. The van der Waals surface area contributed by atoms with Crippen LogP contribution in [0.2, 0.25) is 5.02 Å². The van der Waals surface area contributed by atoms with Crippen molar-refractivity contribution in [2.75, 3.05) is 12.4 Å². The first kappa shape index (κ1) is 14.3. The molecular weight excluding hydrogens is 286 g/mol. The monoisotopic (exact) mass is 297 g/mol. The number of rotatable bonds is 4. The first-order valence-electron chi connectivity index (χ1n) is 5.85. The molecule has 106 valence electrons. The van der Waals surface area contributed by atoms with Gasteiger partial charge in [0.15, 0.2) is 0 Å². The summed E-state index contributed by atoms with van der Waals surface area (Å²) in [6, 6.07) is 4.36. The quantitative estimate of drug-likeness (QED) is 0.826. The molecule has 0 bridgehead atoms. The summed E-state index contributed by atoms with van der Waals surface area (Å²) < 4.78 is 4.61. The lowest BCUT2D eigenvalue weighted by Crippen LogP contribution is -2.19. The molecule has 2 rings (SSSR count). The molecule has 1 amide bonds. The van der Waals surface area contributed by atoms with E-state index >= 15 is 0 Å². The van der Waals surface area contributed by atoms with Crippen LogP contribution in [0.1, 0.15) is 16.8 Å². The number of hydrogen-bond acceptors (Lipinski definition) is 4. The fourth-order valence-electron chi connectivity index (χ4n) is 1.89. The number of anilines is 1. The van der Waals surface area contributed by atoms with Gasteiger partial charge in [-0.3, -0.25) is 9.59 Å². The summed E-state index contributed by atoms with van der Waals surface area (Å²) in [6.07, 6.45) is 0.301.